The Hall–Kier alpha value is -3.71. The summed E-state index contributed by atoms with van der Waals surface area (Å²) in [6.07, 6.45) is 0. The number of aromatic nitrogens is 1. The van der Waals surface area contributed by atoms with Crippen LogP contribution in [0.2, 0.25) is 0 Å². The van der Waals surface area contributed by atoms with Gasteiger partial charge in [0.05, 0.1) is 24.3 Å². The van der Waals surface area contributed by atoms with Crippen LogP contribution in [-0.4, -0.2) is 70.6 Å². The van der Waals surface area contributed by atoms with Crippen molar-refractivity contribution in [2.75, 3.05) is 32.8 Å². The third kappa shape index (κ3) is 6.05. The van der Waals surface area contributed by atoms with Crippen LogP contribution < -0.4 is 10.6 Å². The topological polar surface area (TPSA) is 137 Å². The largest absolute Gasteiger partial charge is 0.508 e. The highest BCUT2D eigenvalue weighted by molar-refractivity contribution is 5.97. The van der Waals surface area contributed by atoms with E-state index in [9.17, 15) is 19.8 Å². The SMILES string of the molecule is CCNC(=O)c1noc(-c2cc(C(C)C)c(O)cc2O)c1C#CC(C)(C)NC(=O)N1CCOCC1. The van der Waals surface area contributed by atoms with Crippen molar-refractivity contribution in [3.05, 3.63) is 29.0 Å². The van der Waals surface area contributed by atoms with E-state index >= 15 is 0 Å². The molecule has 35 heavy (non-hydrogen) atoms. The van der Waals surface area contributed by atoms with E-state index in [4.69, 9.17) is 9.26 Å². The van der Waals surface area contributed by atoms with Gasteiger partial charge in [0.15, 0.2) is 11.5 Å². The molecule has 0 spiro atoms. The Morgan fingerprint density at radius 3 is 2.51 bits per heavy atom. The van der Waals surface area contributed by atoms with Crippen LogP contribution in [0, 0.1) is 11.8 Å². The van der Waals surface area contributed by atoms with Crippen molar-refractivity contribution in [2.45, 2.75) is 46.1 Å². The molecule has 1 saturated heterocycles. The van der Waals surface area contributed by atoms with Crippen molar-refractivity contribution in [3.63, 3.8) is 0 Å². The standard InChI is InChI=1S/C25H32N4O6/c1-6-26-23(32)21-16(7-8-25(4,5)27-24(33)29-9-11-34-12-10-29)22(35-28-21)18-13-17(15(2)3)19(30)14-20(18)31/h13-15,30-31H,6,9-12H2,1-5H3,(H,26,32)(H,27,33). The Balaban J connectivity index is 2.02. The van der Waals surface area contributed by atoms with Crippen LogP contribution in [-0.2, 0) is 4.74 Å². The maximum Gasteiger partial charge on any atom is 0.318 e. The number of phenolic OH excluding ortho intramolecular Hbond substituents is 2. The maximum atomic E-state index is 12.6. The van der Waals surface area contributed by atoms with E-state index in [1.165, 1.54) is 6.07 Å². The molecule has 0 unspecified atom stereocenters. The molecule has 1 aliphatic rings. The minimum Gasteiger partial charge on any atom is -0.508 e. The Bertz CT molecular complexity index is 1150. The quantitative estimate of drug-likeness (QED) is 0.479. The lowest BCUT2D eigenvalue weighted by molar-refractivity contribution is 0.0521. The van der Waals surface area contributed by atoms with Crippen molar-refractivity contribution in [3.8, 4) is 34.7 Å². The molecule has 1 aliphatic heterocycles. The molecule has 1 aromatic carbocycles. The van der Waals surface area contributed by atoms with Gasteiger partial charge in [0, 0.05) is 25.7 Å². The first kappa shape index (κ1) is 25.9. The van der Waals surface area contributed by atoms with E-state index in [0.29, 0.717) is 38.4 Å². The highest BCUT2D eigenvalue weighted by Gasteiger charge is 2.27. The first-order chi connectivity index (χ1) is 16.5. The lowest BCUT2D eigenvalue weighted by Crippen LogP contribution is -2.52. The molecular weight excluding hydrogens is 452 g/mol. The van der Waals surface area contributed by atoms with Gasteiger partial charge in [0.1, 0.15) is 17.1 Å². The summed E-state index contributed by atoms with van der Waals surface area (Å²) in [5.41, 5.74) is 0.00561. The number of aromatic hydroxyl groups is 2. The van der Waals surface area contributed by atoms with Crippen molar-refractivity contribution in [1.82, 2.24) is 20.7 Å². The number of carbonyl (C=O) groups is 2. The van der Waals surface area contributed by atoms with E-state index in [2.05, 4.69) is 27.6 Å². The summed E-state index contributed by atoms with van der Waals surface area (Å²) in [4.78, 5) is 26.9. The number of hydrogen-bond acceptors (Lipinski definition) is 7. The van der Waals surface area contributed by atoms with Gasteiger partial charge in [-0.25, -0.2) is 4.79 Å². The molecular formula is C25H32N4O6. The van der Waals surface area contributed by atoms with Crippen molar-refractivity contribution < 1.29 is 29.1 Å². The normalized spacial score (nSPS) is 13.8. The van der Waals surface area contributed by atoms with Crippen molar-refractivity contribution in [1.29, 1.82) is 0 Å². The summed E-state index contributed by atoms with van der Waals surface area (Å²) in [5, 5.41) is 30.2. The van der Waals surface area contributed by atoms with Crippen LogP contribution in [0.1, 0.15) is 62.2 Å². The molecule has 0 aliphatic carbocycles. The number of nitrogens with zero attached hydrogens (tertiary/aromatic N) is 2. The van der Waals surface area contributed by atoms with Gasteiger partial charge in [-0.05, 0) is 38.3 Å². The molecule has 1 fully saturated rings. The van der Waals surface area contributed by atoms with E-state index in [1.54, 1.807) is 31.7 Å². The van der Waals surface area contributed by atoms with Gasteiger partial charge in [-0.3, -0.25) is 4.79 Å². The number of amides is 3. The third-order valence-electron chi connectivity index (χ3n) is 5.47. The Kier molecular flexibility index (Phi) is 7.92. The maximum absolute atomic E-state index is 12.6. The van der Waals surface area contributed by atoms with E-state index in [1.807, 2.05) is 13.8 Å². The fourth-order valence-electron chi connectivity index (χ4n) is 3.59. The third-order valence-corrected chi connectivity index (χ3v) is 5.47. The molecule has 188 valence electrons. The van der Waals surface area contributed by atoms with Crippen LogP contribution in [0.5, 0.6) is 11.5 Å². The second-order valence-corrected chi connectivity index (χ2v) is 9.08. The first-order valence-electron chi connectivity index (χ1n) is 11.6. The molecule has 0 bridgehead atoms. The number of rotatable bonds is 5. The highest BCUT2D eigenvalue weighted by Crippen LogP contribution is 2.39. The summed E-state index contributed by atoms with van der Waals surface area (Å²) >= 11 is 0. The van der Waals surface area contributed by atoms with Gasteiger partial charge < -0.3 is 35.0 Å². The van der Waals surface area contributed by atoms with Gasteiger partial charge in [0.25, 0.3) is 5.91 Å². The predicted octanol–water partition coefficient (Wildman–Crippen LogP) is 2.80. The van der Waals surface area contributed by atoms with Crippen LogP contribution >= 0.6 is 0 Å². The van der Waals surface area contributed by atoms with Crippen molar-refractivity contribution in [2.24, 2.45) is 0 Å². The number of ether oxygens (including phenoxy) is 1. The van der Waals surface area contributed by atoms with Gasteiger partial charge >= 0.3 is 6.03 Å². The summed E-state index contributed by atoms with van der Waals surface area (Å²) < 4.78 is 10.8. The molecule has 4 N–H and O–H groups in total. The second-order valence-electron chi connectivity index (χ2n) is 9.08. The van der Waals surface area contributed by atoms with Gasteiger partial charge in [0.2, 0.25) is 0 Å². The summed E-state index contributed by atoms with van der Waals surface area (Å²) in [5.74, 6) is 5.21. The van der Waals surface area contributed by atoms with Crippen LogP contribution in [0.4, 0.5) is 4.79 Å². The number of nitrogens with one attached hydrogen (secondary N) is 2. The number of morpholine rings is 1. The predicted molar refractivity (Wildman–Crippen MR) is 129 cm³/mol. The van der Waals surface area contributed by atoms with Crippen molar-refractivity contribution >= 4 is 11.9 Å². The average molecular weight is 485 g/mol. The summed E-state index contributed by atoms with van der Waals surface area (Å²) in [6, 6.07) is 2.55. The molecule has 3 amide bonds. The molecule has 2 heterocycles. The van der Waals surface area contributed by atoms with E-state index < -0.39 is 11.4 Å². The van der Waals surface area contributed by atoms with Gasteiger partial charge in [-0.2, -0.15) is 0 Å². The smallest absolute Gasteiger partial charge is 0.318 e. The Morgan fingerprint density at radius 1 is 1.20 bits per heavy atom. The molecule has 2 aromatic rings. The molecule has 0 saturated carbocycles. The molecule has 0 atom stereocenters. The zero-order chi connectivity index (χ0) is 25.8. The Morgan fingerprint density at radius 2 is 1.89 bits per heavy atom. The minimum absolute atomic E-state index is 0.0380. The zero-order valence-electron chi connectivity index (χ0n) is 20.7. The number of phenols is 2. The van der Waals surface area contributed by atoms with Crippen LogP contribution in [0.15, 0.2) is 16.7 Å². The lowest BCUT2D eigenvalue weighted by Gasteiger charge is -2.30. The van der Waals surface area contributed by atoms with E-state index in [0.717, 1.165) is 0 Å². The lowest BCUT2D eigenvalue weighted by atomic mass is 9.96. The van der Waals surface area contributed by atoms with Crippen LogP contribution in [0.25, 0.3) is 11.3 Å². The number of benzene rings is 1. The number of hydrogen-bond donors (Lipinski definition) is 4. The molecule has 0 radical (unpaired) electrons. The molecule has 1 aromatic heterocycles. The zero-order valence-corrected chi connectivity index (χ0v) is 20.7. The Labute approximate surface area is 204 Å². The average Bonchev–Trinajstić information content (AvgIpc) is 3.22. The van der Waals surface area contributed by atoms with Gasteiger partial charge in [-0.1, -0.05) is 30.8 Å². The van der Waals surface area contributed by atoms with Crippen LogP contribution in [0.3, 0.4) is 0 Å². The second kappa shape index (κ2) is 10.7. The molecule has 10 heteroatoms. The number of carbonyl (C=O) groups excluding carboxylic acids is 2. The minimum atomic E-state index is -0.956. The monoisotopic (exact) mass is 484 g/mol. The number of urea groups is 1. The fraction of sp³-hybridized carbons (Fsp3) is 0.480. The molecule has 10 nitrogen and oxygen atoms in total. The fourth-order valence-corrected chi connectivity index (χ4v) is 3.59. The highest BCUT2D eigenvalue weighted by atomic mass is 16.5. The molecule has 3 rings (SSSR count). The summed E-state index contributed by atoms with van der Waals surface area (Å²) in [6.45, 7) is 11.4. The van der Waals surface area contributed by atoms with E-state index in [-0.39, 0.29) is 46.0 Å². The first-order valence-corrected chi connectivity index (χ1v) is 11.6. The summed E-state index contributed by atoms with van der Waals surface area (Å²) in [7, 11) is 0. The van der Waals surface area contributed by atoms with Gasteiger partial charge in [-0.15, -0.1) is 0 Å².